The summed E-state index contributed by atoms with van der Waals surface area (Å²) in [5.41, 5.74) is 4.29. The normalized spacial score (nSPS) is 14.0. The lowest BCUT2D eigenvalue weighted by Gasteiger charge is -1.93. The summed E-state index contributed by atoms with van der Waals surface area (Å²) >= 11 is 0. The number of ketones is 1. The van der Waals surface area contributed by atoms with Crippen molar-refractivity contribution in [2.24, 2.45) is 0 Å². The number of rotatable bonds is 3. The van der Waals surface area contributed by atoms with Crippen LogP contribution < -0.4 is 0 Å². The molecule has 0 heterocycles. The molecule has 76 valence electrons. The number of hydrogen-bond acceptors (Lipinski definition) is 3. The van der Waals surface area contributed by atoms with Gasteiger partial charge in [0.2, 0.25) is 5.78 Å². The quantitative estimate of drug-likeness (QED) is 0.532. The molecule has 0 fully saturated rings. The van der Waals surface area contributed by atoms with Crippen LogP contribution in [0, 0.1) is 10.8 Å². The Morgan fingerprint density at radius 2 is 2.00 bits per heavy atom. The van der Waals surface area contributed by atoms with Crippen LogP contribution >= 0.6 is 0 Å². The molecule has 1 aliphatic carbocycles. The summed E-state index contributed by atoms with van der Waals surface area (Å²) in [5.74, 6) is -0.334. The maximum atomic E-state index is 11.5. The minimum absolute atomic E-state index is 0.00873. The molecule has 0 amide bonds. The maximum Gasteiger partial charge on any atom is 0.213 e. The summed E-state index contributed by atoms with van der Waals surface area (Å²) in [4.78, 5) is 11.5. The van der Waals surface area contributed by atoms with E-state index >= 15 is 0 Å². The lowest BCUT2D eigenvalue weighted by atomic mass is 10.1. The number of Topliss-reactive ketones (excluding diaryl/α,β-unsaturated/α-hetero) is 1. The molecule has 0 unspecified atom stereocenters. The van der Waals surface area contributed by atoms with Crippen LogP contribution in [-0.2, 0) is 4.79 Å². The Hall–Kier alpha value is -1.99. The summed E-state index contributed by atoms with van der Waals surface area (Å²) in [5, 5.41) is 14.7. The Labute approximate surface area is 88.5 Å². The molecular weight excluding hydrogens is 188 g/mol. The predicted octanol–water partition coefficient (Wildman–Crippen LogP) is 2.21. The van der Waals surface area contributed by atoms with Crippen molar-refractivity contribution in [1.29, 1.82) is 10.8 Å². The number of hydrogen-bond donors (Lipinski definition) is 2. The van der Waals surface area contributed by atoms with Crippen molar-refractivity contribution in [3.63, 3.8) is 0 Å². The first-order valence-corrected chi connectivity index (χ1v) is 4.53. The Bertz CT molecular complexity index is 458. The van der Waals surface area contributed by atoms with Gasteiger partial charge < -0.3 is 10.8 Å². The van der Waals surface area contributed by atoms with Crippen molar-refractivity contribution in [2.75, 3.05) is 0 Å². The topological polar surface area (TPSA) is 64.8 Å². The van der Waals surface area contributed by atoms with E-state index in [9.17, 15) is 4.79 Å². The van der Waals surface area contributed by atoms with Crippen molar-refractivity contribution in [1.82, 2.24) is 0 Å². The number of allylic oxidation sites excluding steroid dienone is 5. The number of nitrogens with one attached hydrogen (secondary N) is 2. The Morgan fingerprint density at radius 1 is 1.33 bits per heavy atom. The highest BCUT2D eigenvalue weighted by atomic mass is 16.1. The van der Waals surface area contributed by atoms with Gasteiger partial charge in [-0.3, -0.25) is 4.79 Å². The van der Waals surface area contributed by atoms with Crippen LogP contribution in [0.5, 0.6) is 0 Å². The van der Waals surface area contributed by atoms with Gasteiger partial charge in [-0.05, 0) is 26.0 Å². The fourth-order valence-corrected chi connectivity index (χ4v) is 1.08. The van der Waals surface area contributed by atoms with Gasteiger partial charge in [-0.15, -0.1) is 5.73 Å². The van der Waals surface area contributed by atoms with Crippen LogP contribution in [0.1, 0.15) is 13.8 Å². The zero-order valence-electron chi connectivity index (χ0n) is 8.72. The van der Waals surface area contributed by atoms with E-state index in [4.69, 9.17) is 10.8 Å². The average molecular weight is 200 g/mol. The highest BCUT2D eigenvalue weighted by Gasteiger charge is 2.08. The highest BCUT2D eigenvalue weighted by molar-refractivity contribution is 6.44. The smallest absolute Gasteiger partial charge is 0.213 e. The molecule has 3 heteroatoms. The Kier molecular flexibility index (Phi) is 3.32. The van der Waals surface area contributed by atoms with Crippen molar-refractivity contribution in [3.8, 4) is 0 Å². The minimum Gasteiger partial charge on any atom is -0.305 e. The van der Waals surface area contributed by atoms with Crippen molar-refractivity contribution in [3.05, 3.63) is 41.2 Å². The van der Waals surface area contributed by atoms with E-state index in [0.717, 1.165) is 5.57 Å². The van der Waals surface area contributed by atoms with E-state index in [-0.39, 0.29) is 11.5 Å². The molecule has 1 rings (SSSR count). The second-order valence-corrected chi connectivity index (χ2v) is 3.26. The van der Waals surface area contributed by atoms with Crippen LogP contribution in [0.25, 0.3) is 0 Å². The van der Waals surface area contributed by atoms with Gasteiger partial charge >= 0.3 is 0 Å². The SMILES string of the molecule is CC(=N)C(=O)C1=C=CC(C(C)=N)=CC=C1. The first-order valence-electron chi connectivity index (χ1n) is 4.53. The molecule has 0 aliphatic heterocycles. The molecule has 0 aromatic carbocycles. The molecule has 0 aromatic rings. The van der Waals surface area contributed by atoms with Gasteiger partial charge in [-0.1, -0.05) is 12.2 Å². The highest BCUT2D eigenvalue weighted by Crippen LogP contribution is 2.07. The average Bonchev–Trinajstić information content (AvgIpc) is 2.41. The second kappa shape index (κ2) is 4.49. The monoisotopic (exact) mass is 200 g/mol. The van der Waals surface area contributed by atoms with E-state index in [1.54, 1.807) is 31.2 Å². The number of carbonyl (C=O) groups excluding carboxylic acids is 1. The zero-order valence-corrected chi connectivity index (χ0v) is 8.72. The lowest BCUT2D eigenvalue weighted by molar-refractivity contribution is -0.109. The summed E-state index contributed by atoms with van der Waals surface area (Å²) in [6, 6.07) is 0. The van der Waals surface area contributed by atoms with Crippen LogP contribution in [0.15, 0.2) is 41.2 Å². The van der Waals surface area contributed by atoms with Crippen molar-refractivity contribution in [2.45, 2.75) is 13.8 Å². The molecule has 0 saturated carbocycles. The van der Waals surface area contributed by atoms with Crippen LogP contribution in [0.3, 0.4) is 0 Å². The predicted molar refractivity (Wildman–Crippen MR) is 60.6 cm³/mol. The lowest BCUT2D eigenvalue weighted by Crippen LogP contribution is -2.09. The fourth-order valence-electron chi connectivity index (χ4n) is 1.08. The molecule has 3 nitrogen and oxygen atoms in total. The summed E-state index contributed by atoms with van der Waals surface area (Å²) < 4.78 is 0. The summed E-state index contributed by atoms with van der Waals surface area (Å²) in [6.07, 6.45) is 6.64. The standard InChI is InChI=1S/C12H12N2O/c1-8(13)10-4-3-5-11(7-6-10)12(15)9(2)14/h3-6,13-14H,1-2H3. The zero-order chi connectivity index (χ0) is 11.4. The van der Waals surface area contributed by atoms with E-state index < -0.39 is 0 Å². The van der Waals surface area contributed by atoms with Crippen LogP contribution in [-0.4, -0.2) is 17.2 Å². The molecule has 0 bridgehead atoms. The van der Waals surface area contributed by atoms with Gasteiger partial charge in [-0.2, -0.15) is 0 Å². The van der Waals surface area contributed by atoms with Gasteiger partial charge in [0, 0.05) is 11.3 Å². The molecule has 0 radical (unpaired) electrons. The molecular formula is C12H12N2O. The molecule has 15 heavy (non-hydrogen) atoms. The fraction of sp³-hybridized carbons (Fsp3) is 0.167. The summed E-state index contributed by atoms with van der Waals surface area (Å²) in [6.45, 7) is 3.12. The maximum absolute atomic E-state index is 11.5. The third-order valence-electron chi connectivity index (χ3n) is 1.94. The van der Waals surface area contributed by atoms with Crippen molar-refractivity contribution >= 4 is 17.2 Å². The van der Waals surface area contributed by atoms with E-state index in [0.29, 0.717) is 11.3 Å². The van der Waals surface area contributed by atoms with Gasteiger partial charge in [0.1, 0.15) is 0 Å². The van der Waals surface area contributed by atoms with Crippen LogP contribution in [0.4, 0.5) is 0 Å². The van der Waals surface area contributed by atoms with Gasteiger partial charge in [-0.25, -0.2) is 0 Å². The molecule has 1 aliphatic rings. The van der Waals surface area contributed by atoms with Crippen molar-refractivity contribution < 1.29 is 4.79 Å². The first kappa shape index (κ1) is 11.1. The molecule has 0 atom stereocenters. The molecule has 0 spiro atoms. The third-order valence-corrected chi connectivity index (χ3v) is 1.94. The minimum atomic E-state index is -0.334. The van der Waals surface area contributed by atoms with E-state index in [2.05, 4.69) is 5.73 Å². The second-order valence-electron chi connectivity index (χ2n) is 3.26. The van der Waals surface area contributed by atoms with E-state index in [1.165, 1.54) is 6.92 Å². The van der Waals surface area contributed by atoms with Crippen LogP contribution in [0.2, 0.25) is 0 Å². The van der Waals surface area contributed by atoms with Gasteiger partial charge in [0.15, 0.2) is 0 Å². The molecule has 0 saturated heterocycles. The summed E-state index contributed by atoms with van der Waals surface area (Å²) in [7, 11) is 0. The third kappa shape index (κ3) is 2.73. The largest absolute Gasteiger partial charge is 0.305 e. The Morgan fingerprint density at radius 3 is 2.53 bits per heavy atom. The van der Waals surface area contributed by atoms with E-state index in [1.807, 2.05) is 0 Å². The van der Waals surface area contributed by atoms with Gasteiger partial charge in [0.25, 0.3) is 0 Å². The first-order chi connectivity index (χ1) is 7.02. The van der Waals surface area contributed by atoms with Gasteiger partial charge in [0.05, 0.1) is 11.3 Å². The molecule has 0 aromatic heterocycles. The molecule has 2 N–H and O–H groups in total. The number of carbonyl (C=O) groups is 1. The Balaban J connectivity index is 3.09.